The van der Waals surface area contributed by atoms with Crippen molar-refractivity contribution in [3.8, 4) is 0 Å². The maximum absolute atomic E-state index is 14.9. The summed E-state index contributed by atoms with van der Waals surface area (Å²) in [5.74, 6) is 2.81. The van der Waals surface area contributed by atoms with Crippen LogP contribution in [-0.4, -0.2) is 0 Å². The highest BCUT2D eigenvalue weighted by molar-refractivity contribution is 6.30. The Morgan fingerprint density at radius 2 is 1.34 bits per heavy atom. The Morgan fingerprint density at radius 1 is 0.714 bits per heavy atom. The normalized spacial score (nSPS) is 25.0. The van der Waals surface area contributed by atoms with Crippen LogP contribution in [-0.2, 0) is 12.8 Å². The van der Waals surface area contributed by atoms with Crippen molar-refractivity contribution in [3.05, 3.63) is 69.7 Å². The summed E-state index contributed by atoms with van der Waals surface area (Å²) in [5.41, 5.74) is 2.72. The van der Waals surface area contributed by atoms with Gasteiger partial charge in [0.15, 0.2) is 0 Å². The van der Waals surface area contributed by atoms with E-state index in [1.807, 2.05) is 12.1 Å². The minimum Gasteiger partial charge on any atom is -0.207 e. The van der Waals surface area contributed by atoms with Crippen molar-refractivity contribution in [3.63, 3.8) is 0 Å². The summed E-state index contributed by atoms with van der Waals surface area (Å²) >= 11 is 5.76. The number of hydrogen-bond donors (Lipinski definition) is 0. The third-order valence-electron chi connectivity index (χ3n) is 8.98. The fourth-order valence-corrected chi connectivity index (χ4v) is 6.67. The van der Waals surface area contributed by atoms with Crippen LogP contribution in [0.2, 0.25) is 5.02 Å². The summed E-state index contributed by atoms with van der Waals surface area (Å²) in [6.45, 7) is 2.31. The molecule has 2 aliphatic rings. The molecule has 2 saturated carbocycles. The van der Waals surface area contributed by atoms with E-state index < -0.39 is 5.82 Å². The van der Waals surface area contributed by atoms with Crippen LogP contribution in [0.1, 0.15) is 113 Å². The first-order chi connectivity index (χ1) is 17.0. The Balaban J connectivity index is 1.18. The number of halogens is 3. The largest absolute Gasteiger partial charge is 0.207 e. The Labute approximate surface area is 216 Å². The molecular weight excluding hydrogens is 458 g/mol. The van der Waals surface area contributed by atoms with Gasteiger partial charge in [0.25, 0.3) is 0 Å². The van der Waals surface area contributed by atoms with E-state index >= 15 is 0 Å². The van der Waals surface area contributed by atoms with Crippen LogP contribution in [0.15, 0.2) is 36.4 Å². The number of aryl methyl sites for hydroxylation is 2. The van der Waals surface area contributed by atoms with Crippen molar-refractivity contribution in [2.24, 2.45) is 17.8 Å². The summed E-state index contributed by atoms with van der Waals surface area (Å²) < 4.78 is 28.5. The van der Waals surface area contributed by atoms with Gasteiger partial charge < -0.3 is 0 Å². The summed E-state index contributed by atoms with van der Waals surface area (Å²) in [6, 6.07) is 10.7. The molecule has 2 aromatic carbocycles. The van der Waals surface area contributed by atoms with Crippen LogP contribution in [0.4, 0.5) is 8.78 Å². The number of benzene rings is 2. The molecule has 0 bridgehead atoms. The molecule has 0 N–H and O–H groups in total. The van der Waals surface area contributed by atoms with Crippen LogP contribution in [0.25, 0.3) is 0 Å². The lowest BCUT2D eigenvalue weighted by atomic mass is 9.74. The first kappa shape index (κ1) is 26.6. The molecule has 2 aromatic rings. The monoisotopic (exact) mass is 500 g/mol. The predicted molar refractivity (Wildman–Crippen MR) is 144 cm³/mol. The van der Waals surface area contributed by atoms with Gasteiger partial charge in [0.1, 0.15) is 11.6 Å². The van der Waals surface area contributed by atoms with E-state index in [1.165, 1.54) is 89.5 Å². The SMILES string of the molecule is CCCCC1CCC(CCC2CCC(c3ccc(CCc4ccc(Cl)c(F)c4)c(F)c3)CC2)CC1. The smallest absolute Gasteiger partial charge is 0.142 e. The molecule has 0 spiro atoms. The van der Waals surface area contributed by atoms with Gasteiger partial charge in [-0.05, 0) is 97.1 Å². The van der Waals surface area contributed by atoms with Gasteiger partial charge in [-0.2, -0.15) is 0 Å². The summed E-state index contributed by atoms with van der Waals surface area (Å²) in [6.07, 6.45) is 19.0. The lowest BCUT2D eigenvalue weighted by Gasteiger charge is -2.32. The first-order valence-corrected chi connectivity index (χ1v) is 14.6. The molecule has 0 saturated heterocycles. The zero-order chi connectivity index (χ0) is 24.6. The maximum atomic E-state index is 14.9. The molecule has 0 unspecified atom stereocenters. The van der Waals surface area contributed by atoms with Gasteiger partial charge >= 0.3 is 0 Å². The minimum atomic E-state index is -0.412. The molecular formula is C32H43ClF2. The Kier molecular flexibility index (Phi) is 10.1. The molecule has 192 valence electrons. The van der Waals surface area contributed by atoms with Crippen molar-refractivity contribution in [1.82, 2.24) is 0 Å². The molecule has 0 aliphatic heterocycles. The Hall–Kier alpha value is -1.41. The summed E-state index contributed by atoms with van der Waals surface area (Å²) in [5, 5.41) is 0.129. The molecule has 2 fully saturated rings. The average Bonchev–Trinajstić information content (AvgIpc) is 2.88. The second-order valence-corrected chi connectivity index (χ2v) is 11.8. The fraction of sp³-hybridized carbons (Fsp3) is 0.625. The molecule has 3 heteroatoms. The average molecular weight is 501 g/mol. The van der Waals surface area contributed by atoms with Crippen molar-refractivity contribution < 1.29 is 8.78 Å². The fourth-order valence-electron chi connectivity index (χ4n) is 6.55. The van der Waals surface area contributed by atoms with Gasteiger partial charge in [0.05, 0.1) is 5.02 Å². The van der Waals surface area contributed by atoms with Crippen LogP contribution >= 0.6 is 11.6 Å². The molecule has 0 amide bonds. The van der Waals surface area contributed by atoms with E-state index in [0.717, 1.165) is 28.9 Å². The van der Waals surface area contributed by atoms with Crippen molar-refractivity contribution in [1.29, 1.82) is 0 Å². The van der Waals surface area contributed by atoms with Gasteiger partial charge in [-0.25, -0.2) is 8.78 Å². The lowest BCUT2D eigenvalue weighted by molar-refractivity contribution is 0.222. The van der Waals surface area contributed by atoms with Crippen LogP contribution in [0, 0.1) is 29.4 Å². The molecule has 0 radical (unpaired) electrons. The molecule has 4 rings (SSSR count). The Bertz CT molecular complexity index is 923. The quantitative estimate of drug-likeness (QED) is 0.304. The highest BCUT2D eigenvalue weighted by atomic mass is 35.5. The molecule has 0 nitrogen and oxygen atoms in total. The van der Waals surface area contributed by atoms with Crippen molar-refractivity contribution >= 4 is 11.6 Å². The minimum absolute atomic E-state index is 0.117. The highest BCUT2D eigenvalue weighted by Gasteiger charge is 2.25. The van der Waals surface area contributed by atoms with Gasteiger partial charge in [-0.15, -0.1) is 0 Å². The van der Waals surface area contributed by atoms with E-state index in [-0.39, 0.29) is 10.8 Å². The standard InChI is InChI=1S/C32H43ClF2/c1-2-3-4-23-5-7-24(8-6-23)9-10-25-11-15-27(16-12-25)29-19-18-28(31(34)22-29)17-13-26-14-20-30(33)32(35)21-26/h14,18-25,27H,2-13,15-17H2,1H3. The predicted octanol–water partition coefficient (Wildman–Crippen LogP) is 10.5. The summed E-state index contributed by atoms with van der Waals surface area (Å²) in [4.78, 5) is 0. The van der Waals surface area contributed by atoms with Crippen LogP contribution in [0.5, 0.6) is 0 Å². The van der Waals surface area contributed by atoms with Gasteiger partial charge in [-0.1, -0.05) is 94.5 Å². The van der Waals surface area contributed by atoms with Gasteiger partial charge in [0.2, 0.25) is 0 Å². The second-order valence-electron chi connectivity index (χ2n) is 11.4. The van der Waals surface area contributed by atoms with Crippen LogP contribution in [0.3, 0.4) is 0 Å². The topological polar surface area (TPSA) is 0 Å². The number of rotatable bonds is 10. The third kappa shape index (κ3) is 7.78. The van der Waals surface area contributed by atoms with Gasteiger partial charge in [0, 0.05) is 0 Å². The molecule has 0 atom stereocenters. The number of unbranched alkanes of at least 4 members (excludes halogenated alkanes) is 1. The van der Waals surface area contributed by atoms with Crippen molar-refractivity contribution in [2.75, 3.05) is 0 Å². The second kappa shape index (κ2) is 13.2. The third-order valence-corrected chi connectivity index (χ3v) is 9.28. The number of hydrogen-bond acceptors (Lipinski definition) is 0. The van der Waals surface area contributed by atoms with Gasteiger partial charge in [-0.3, -0.25) is 0 Å². The zero-order valence-electron chi connectivity index (χ0n) is 21.5. The van der Waals surface area contributed by atoms with Crippen molar-refractivity contribution in [2.45, 2.75) is 109 Å². The van der Waals surface area contributed by atoms with E-state index in [1.54, 1.807) is 12.1 Å². The molecule has 0 heterocycles. The molecule has 2 aliphatic carbocycles. The maximum Gasteiger partial charge on any atom is 0.142 e. The lowest BCUT2D eigenvalue weighted by Crippen LogP contribution is -2.18. The zero-order valence-corrected chi connectivity index (χ0v) is 22.3. The first-order valence-electron chi connectivity index (χ1n) is 14.2. The van der Waals surface area contributed by atoms with E-state index in [0.29, 0.717) is 24.3 Å². The van der Waals surface area contributed by atoms with Crippen LogP contribution < -0.4 is 0 Å². The summed E-state index contributed by atoms with van der Waals surface area (Å²) in [7, 11) is 0. The highest BCUT2D eigenvalue weighted by Crippen LogP contribution is 2.40. The Morgan fingerprint density at radius 3 is 1.94 bits per heavy atom. The van der Waals surface area contributed by atoms with E-state index in [9.17, 15) is 8.78 Å². The molecule has 0 aromatic heterocycles. The van der Waals surface area contributed by atoms with E-state index in [4.69, 9.17) is 11.6 Å². The van der Waals surface area contributed by atoms with E-state index in [2.05, 4.69) is 13.0 Å². The molecule has 35 heavy (non-hydrogen) atoms.